The monoisotopic (exact) mass is 553 g/mol. The second-order valence-electron chi connectivity index (χ2n) is 8.88. The maximum absolute atomic E-state index is 12.1. The third kappa shape index (κ3) is 7.39. The molecule has 0 aliphatic rings. The van der Waals surface area contributed by atoms with E-state index in [-0.39, 0.29) is 12.4 Å². The fourth-order valence-corrected chi connectivity index (χ4v) is 3.97. The smallest absolute Gasteiger partial charge is 0.339 e. The molecule has 0 saturated heterocycles. The number of carbonyl (C=O) groups excluding carboxylic acids is 1. The largest absolute Gasteiger partial charge is 0.493 e. The van der Waals surface area contributed by atoms with Gasteiger partial charge in [-0.3, -0.25) is 9.48 Å². The molecule has 0 amide bonds. The van der Waals surface area contributed by atoms with E-state index >= 15 is 0 Å². The lowest BCUT2D eigenvalue weighted by Gasteiger charge is -2.10. The predicted molar refractivity (Wildman–Crippen MR) is 152 cm³/mol. The van der Waals surface area contributed by atoms with Crippen LogP contribution < -0.4 is 19.8 Å². The van der Waals surface area contributed by atoms with Gasteiger partial charge in [-0.1, -0.05) is 29.5 Å². The van der Waals surface area contributed by atoms with Gasteiger partial charge < -0.3 is 23.0 Å². The van der Waals surface area contributed by atoms with Gasteiger partial charge in [0.25, 0.3) is 0 Å². The molecule has 0 saturated carbocycles. The van der Waals surface area contributed by atoms with Crippen LogP contribution in [0.15, 0.2) is 98.9 Å². The third-order valence-corrected chi connectivity index (χ3v) is 5.95. The number of hydrogen-bond donors (Lipinski definition) is 0. The highest BCUT2D eigenvalue weighted by atomic mass is 16.5. The van der Waals surface area contributed by atoms with E-state index in [1.165, 1.54) is 18.2 Å². The molecule has 0 aliphatic carbocycles. The first-order chi connectivity index (χ1) is 20.1. The first kappa shape index (κ1) is 27.2. The summed E-state index contributed by atoms with van der Waals surface area (Å²) in [6.07, 6.45) is 10.2. The van der Waals surface area contributed by atoms with E-state index in [0.29, 0.717) is 53.9 Å². The number of rotatable bonds is 13. The summed E-state index contributed by atoms with van der Waals surface area (Å²) in [5, 5.41) is 9.07. The lowest BCUT2D eigenvalue weighted by molar-refractivity contribution is -0.110. The van der Waals surface area contributed by atoms with Crippen molar-refractivity contribution < 1.29 is 27.8 Å². The molecular weight excluding hydrogens is 526 g/mol. The number of allylic oxidation sites excluding steroid dienone is 2. The van der Waals surface area contributed by atoms with Gasteiger partial charge >= 0.3 is 5.63 Å². The first-order valence-corrected chi connectivity index (χ1v) is 12.9. The summed E-state index contributed by atoms with van der Waals surface area (Å²) >= 11 is 0. The number of aromatic nitrogens is 3. The quantitative estimate of drug-likeness (QED) is 0.108. The van der Waals surface area contributed by atoms with Crippen LogP contribution >= 0.6 is 0 Å². The molecule has 3 heterocycles. The first-order valence-electron chi connectivity index (χ1n) is 12.9. The highest BCUT2D eigenvalue weighted by Crippen LogP contribution is 2.29. The van der Waals surface area contributed by atoms with Crippen LogP contribution in [0.3, 0.4) is 0 Å². The number of fused-ring (bicyclic) bond motifs is 1. The number of hydrogen-bond acceptors (Lipinski definition) is 9. The summed E-state index contributed by atoms with van der Waals surface area (Å²) < 4.78 is 29.3. The van der Waals surface area contributed by atoms with Gasteiger partial charge in [0.2, 0.25) is 0 Å². The molecule has 3 aromatic heterocycles. The summed E-state index contributed by atoms with van der Waals surface area (Å²) in [5.41, 5.74) is 1.47. The Hall–Kier alpha value is -5.38. The number of furan rings is 1. The molecule has 5 aromatic rings. The van der Waals surface area contributed by atoms with Gasteiger partial charge in [-0.15, -0.1) is 5.10 Å². The number of ketones is 1. The number of aryl methyl sites for hydroxylation is 1. The molecule has 0 bridgehead atoms. The van der Waals surface area contributed by atoms with Crippen LogP contribution in [0.25, 0.3) is 23.1 Å². The van der Waals surface area contributed by atoms with Gasteiger partial charge in [-0.2, -0.15) is 0 Å². The molecular formula is C31H27N3O7. The molecule has 0 spiro atoms. The highest BCUT2D eigenvalue weighted by Gasteiger charge is 2.09. The molecule has 10 heteroatoms. The number of nitrogens with zero attached hydrogens (tertiary/aromatic N) is 3. The average molecular weight is 554 g/mol. The molecule has 0 aliphatic heterocycles. The lowest BCUT2D eigenvalue weighted by atomic mass is 10.1. The van der Waals surface area contributed by atoms with Crippen molar-refractivity contribution in [2.75, 3.05) is 13.7 Å². The molecule has 0 unspecified atom stereocenters. The van der Waals surface area contributed by atoms with E-state index < -0.39 is 5.63 Å². The Balaban J connectivity index is 1.10. The normalized spacial score (nSPS) is 11.4. The highest BCUT2D eigenvalue weighted by molar-refractivity contribution is 6.04. The molecule has 0 N–H and O–H groups in total. The molecule has 41 heavy (non-hydrogen) atoms. The molecule has 0 atom stereocenters. The summed E-state index contributed by atoms with van der Waals surface area (Å²) in [5.74, 6) is 2.00. The van der Waals surface area contributed by atoms with Crippen molar-refractivity contribution in [2.24, 2.45) is 0 Å². The van der Waals surface area contributed by atoms with Gasteiger partial charge in [0.15, 0.2) is 17.3 Å². The maximum atomic E-state index is 12.1. The summed E-state index contributed by atoms with van der Waals surface area (Å²) in [6.45, 7) is 1.17. The van der Waals surface area contributed by atoms with Gasteiger partial charge in [0.05, 0.1) is 37.6 Å². The Morgan fingerprint density at radius 1 is 0.976 bits per heavy atom. The zero-order chi connectivity index (χ0) is 28.4. The van der Waals surface area contributed by atoms with Crippen molar-refractivity contribution in [3.63, 3.8) is 0 Å². The van der Waals surface area contributed by atoms with Crippen LogP contribution in [-0.4, -0.2) is 34.5 Å². The lowest BCUT2D eigenvalue weighted by Crippen LogP contribution is -2.07. The zero-order valence-electron chi connectivity index (χ0n) is 22.3. The minimum Gasteiger partial charge on any atom is -0.493 e. The SMILES string of the molecule is COc1cc(/C=C/C(=O)/C=C/c2ccco2)ccc1OCc1cn(CCCOc2cc(=O)oc3ccccc23)nn1. The van der Waals surface area contributed by atoms with Gasteiger partial charge in [-0.05, 0) is 60.2 Å². The standard InChI is InChI=1S/C31H27N3O7/c1-37-30-18-22(9-11-24(35)12-13-25-6-4-16-38-25)10-14-28(30)40-21-23-20-34(33-32-23)15-5-17-39-29-19-31(36)41-27-8-3-2-7-26(27)29/h2-4,6-14,16,18-20H,5,15,17,21H2,1H3/b11-9+,13-12+. The van der Waals surface area contributed by atoms with Crippen molar-refractivity contribution in [2.45, 2.75) is 19.6 Å². The molecule has 10 nitrogen and oxygen atoms in total. The topological polar surface area (TPSA) is 119 Å². The van der Waals surface area contributed by atoms with Crippen LogP contribution in [0.1, 0.15) is 23.4 Å². The van der Waals surface area contributed by atoms with Crippen molar-refractivity contribution in [3.05, 3.63) is 113 Å². The van der Waals surface area contributed by atoms with E-state index in [0.717, 1.165) is 10.9 Å². The Labute approximate surface area is 235 Å². The van der Waals surface area contributed by atoms with Crippen molar-refractivity contribution in [1.82, 2.24) is 15.0 Å². The van der Waals surface area contributed by atoms with Crippen LogP contribution in [0, 0.1) is 0 Å². The minimum atomic E-state index is -0.452. The Bertz CT molecular complexity index is 1730. The van der Waals surface area contributed by atoms with Gasteiger partial charge in [0.1, 0.15) is 29.4 Å². The van der Waals surface area contributed by atoms with Gasteiger partial charge in [-0.25, -0.2) is 4.79 Å². The Kier molecular flexibility index (Phi) is 8.70. The second-order valence-corrected chi connectivity index (χ2v) is 8.88. The van der Waals surface area contributed by atoms with E-state index in [4.69, 9.17) is 23.0 Å². The zero-order valence-corrected chi connectivity index (χ0v) is 22.3. The number of methoxy groups -OCH3 is 1. The minimum absolute atomic E-state index is 0.170. The summed E-state index contributed by atoms with van der Waals surface area (Å²) in [7, 11) is 1.55. The Morgan fingerprint density at radius 2 is 1.85 bits per heavy atom. The van der Waals surface area contributed by atoms with Crippen molar-refractivity contribution in [1.29, 1.82) is 0 Å². The predicted octanol–water partition coefficient (Wildman–Crippen LogP) is 5.33. The van der Waals surface area contributed by atoms with E-state index in [2.05, 4.69) is 10.3 Å². The molecule has 208 valence electrons. The fourth-order valence-electron chi connectivity index (χ4n) is 3.97. The van der Waals surface area contributed by atoms with E-state index in [9.17, 15) is 9.59 Å². The molecule has 2 aromatic carbocycles. The third-order valence-electron chi connectivity index (χ3n) is 5.95. The molecule has 0 fully saturated rings. The Morgan fingerprint density at radius 3 is 2.71 bits per heavy atom. The number of carbonyl (C=O) groups is 1. The van der Waals surface area contributed by atoms with Crippen molar-refractivity contribution >= 4 is 28.9 Å². The molecule has 5 rings (SSSR count). The summed E-state index contributed by atoms with van der Waals surface area (Å²) in [4.78, 5) is 23.9. The summed E-state index contributed by atoms with van der Waals surface area (Å²) in [6, 6.07) is 17.5. The number of benzene rings is 2. The average Bonchev–Trinajstić information content (AvgIpc) is 3.68. The second kappa shape index (κ2) is 13.1. The van der Waals surface area contributed by atoms with Gasteiger partial charge in [0, 0.05) is 13.0 Å². The van der Waals surface area contributed by atoms with Crippen LogP contribution in [0.2, 0.25) is 0 Å². The fraction of sp³-hybridized carbons (Fsp3) is 0.161. The van der Waals surface area contributed by atoms with Crippen LogP contribution in [0.4, 0.5) is 0 Å². The van der Waals surface area contributed by atoms with Crippen LogP contribution in [0.5, 0.6) is 17.2 Å². The molecule has 0 radical (unpaired) electrons. The van der Waals surface area contributed by atoms with Crippen molar-refractivity contribution in [3.8, 4) is 17.2 Å². The number of ether oxygens (including phenoxy) is 3. The van der Waals surface area contributed by atoms with E-state index in [1.807, 2.05) is 18.2 Å². The van der Waals surface area contributed by atoms with E-state index in [1.54, 1.807) is 72.8 Å². The number of para-hydroxylation sites is 1. The van der Waals surface area contributed by atoms with Crippen LogP contribution in [-0.2, 0) is 17.9 Å². The maximum Gasteiger partial charge on any atom is 0.339 e.